The number of hydrogen-bond donors (Lipinski definition) is 0. The van der Waals surface area contributed by atoms with Gasteiger partial charge in [-0.1, -0.05) is 23.2 Å². The number of allylic oxidation sites excluding steroid dienone is 4. The highest BCUT2D eigenvalue weighted by molar-refractivity contribution is 6.35. The van der Waals surface area contributed by atoms with Crippen molar-refractivity contribution in [2.45, 2.75) is 23.7 Å². The summed E-state index contributed by atoms with van der Waals surface area (Å²) in [4.78, 5) is 0. The standard InChI is InChI=1S/C8Cl2F8/c9-3-1(5(11,12)7(3,15)16)2-4(10)8(17,18)6(2,13)14. The molecule has 2 aliphatic rings. The van der Waals surface area contributed by atoms with Gasteiger partial charge in [-0.25, -0.2) is 0 Å². The van der Waals surface area contributed by atoms with Gasteiger partial charge in [0.25, 0.3) is 0 Å². The minimum Gasteiger partial charge on any atom is -0.194 e. The highest BCUT2D eigenvalue weighted by Gasteiger charge is 2.80. The molecule has 0 N–H and O–H groups in total. The van der Waals surface area contributed by atoms with Crippen molar-refractivity contribution in [3.05, 3.63) is 21.2 Å². The second-order valence-corrected chi connectivity index (χ2v) is 4.43. The molecule has 0 aromatic heterocycles. The van der Waals surface area contributed by atoms with Crippen LogP contribution in [-0.4, -0.2) is 23.7 Å². The molecule has 0 aromatic carbocycles. The van der Waals surface area contributed by atoms with Gasteiger partial charge in [0.2, 0.25) is 0 Å². The summed E-state index contributed by atoms with van der Waals surface area (Å²) in [5, 5.41) is -3.81. The van der Waals surface area contributed by atoms with Gasteiger partial charge in [0.15, 0.2) is 0 Å². The lowest BCUT2D eigenvalue weighted by molar-refractivity contribution is -0.207. The van der Waals surface area contributed by atoms with Gasteiger partial charge < -0.3 is 0 Å². The molecule has 18 heavy (non-hydrogen) atoms. The van der Waals surface area contributed by atoms with Crippen molar-refractivity contribution < 1.29 is 35.1 Å². The Morgan fingerprint density at radius 3 is 0.889 bits per heavy atom. The van der Waals surface area contributed by atoms with Crippen LogP contribution in [0.1, 0.15) is 0 Å². The lowest BCUT2D eigenvalue weighted by Gasteiger charge is -2.46. The Labute approximate surface area is 104 Å². The molecule has 0 atom stereocenters. The molecule has 0 aromatic rings. The fraction of sp³-hybridized carbons (Fsp3) is 0.500. The van der Waals surface area contributed by atoms with Gasteiger partial charge in [-0.2, -0.15) is 35.1 Å². The Morgan fingerprint density at radius 2 is 0.722 bits per heavy atom. The quantitative estimate of drug-likeness (QED) is 0.623. The number of hydrogen-bond acceptors (Lipinski definition) is 0. The second kappa shape index (κ2) is 3.15. The fourth-order valence-corrected chi connectivity index (χ4v) is 2.25. The molecule has 2 aliphatic carbocycles. The average molecular weight is 319 g/mol. The summed E-state index contributed by atoms with van der Waals surface area (Å²) >= 11 is 9.53. The van der Waals surface area contributed by atoms with Crippen LogP contribution < -0.4 is 0 Å². The van der Waals surface area contributed by atoms with Gasteiger partial charge >= 0.3 is 23.7 Å². The van der Waals surface area contributed by atoms with Crippen molar-refractivity contribution >= 4 is 23.2 Å². The van der Waals surface area contributed by atoms with E-state index in [-0.39, 0.29) is 0 Å². The van der Waals surface area contributed by atoms with Gasteiger partial charge in [0, 0.05) is 0 Å². The van der Waals surface area contributed by atoms with Crippen LogP contribution in [-0.2, 0) is 0 Å². The first-order valence-electron chi connectivity index (χ1n) is 4.14. The summed E-state index contributed by atoms with van der Waals surface area (Å²) in [6.45, 7) is 0. The summed E-state index contributed by atoms with van der Waals surface area (Å²) in [7, 11) is 0. The van der Waals surface area contributed by atoms with E-state index in [1.807, 2.05) is 0 Å². The Morgan fingerprint density at radius 1 is 0.500 bits per heavy atom. The third-order valence-corrected chi connectivity index (χ3v) is 3.51. The predicted molar refractivity (Wildman–Crippen MR) is 45.5 cm³/mol. The maximum absolute atomic E-state index is 12.9. The van der Waals surface area contributed by atoms with Crippen molar-refractivity contribution in [2.75, 3.05) is 0 Å². The molecule has 0 bridgehead atoms. The van der Waals surface area contributed by atoms with E-state index in [0.29, 0.717) is 0 Å². The molecule has 102 valence electrons. The molecule has 2 rings (SSSR count). The number of halogens is 10. The second-order valence-electron chi connectivity index (χ2n) is 3.68. The number of alkyl halides is 8. The molecule has 0 fully saturated rings. The average Bonchev–Trinajstić information content (AvgIpc) is 2.22. The van der Waals surface area contributed by atoms with Crippen LogP contribution >= 0.6 is 23.2 Å². The van der Waals surface area contributed by atoms with E-state index in [0.717, 1.165) is 0 Å². The van der Waals surface area contributed by atoms with E-state index >= 15 is 0 Å². The highest BCUT2D eigenvalue weighted by atomic mass is 35.5. The zero-order valence-electron chi connectivity index (χ0n) is 7.78. The van der Waals surface area contributed by atoms with E-state index in [2.05, 4.69) is 0 Å². The zero-order chi connectivity index (χ0) is 14.3. The maximum atomic E-state index is 12.9. The van der Waals surface area contributed by atoms with Gasteiger partial charge in [-0.15, -0.1) is 0 Å². The molecule has 0 nitrogen and oxygen atoms in total. The molecule has 0 amide bonds. The first-order chi connectivity index (χ1) is 7.81. The topological polar surface area (TPSA) is 0 Å². The normalized spacial score (nSPS) is 31.0. The first-order valence-corrected chi connectivity index (χ1v) is 4.90. The third kappa shape index (κ3) is 1.14. The van der Waals surface area contributed by atoms with E-state index in [1.54, 1.807) is 0 Å². The maximum Gasteiger partial charge on any atom is 0.350 e. The van der Waals surface area contributed by atoms with Crippen LogP contribution in [0.5, 0.6) is 0 Å². The highest BCUT2D eigenvalue weighted by Crippen LogP contribution is 2.68. The van der Waals surface area contributed by atoms with E-state index < -0.39 is 44.9 Å². The number of rotatable bonds is 1. The third-order valence-electron chi connectivity index (χ3n) is 2.66. The molecular weight excluding hydrogens is 319 g/mol. The van der Waals surface area contributed by atoms with Gasteiger partial charge in [-0.3, -0.25) is 0 Å². The van der Waals surface area contributed by atoms with E-state index in [1.165, 1.54) is 0 Å². The van der Waals surface area contributed by atoms with Gasteiger partial charge in [0.05, 0.1) is 11.1 Å². The fourth-order valence-electron chi connectivity index (χ4n) is 1.59. The molecule has 0 radical (unpaired) electrons. The first kappa shape index (κ1) is 13.9. The van der Waals surface area contributed by atoms with Crippen LogP contribution in [0.25, 0.3) is 0 Å². The smallest absolute Gasteiger partial charge is 0.194 e. The van der Waals surface area contributed by atoms with Crippen molar-refractivity contribution in [2.24, 2.45) is 0 Å². The summed E-state index contributed by atoms with van der Waals surface area (Å²) in [6, 6.07) is 0. The van der Waals surface area contributed by atoms with Crippen LogP contribution in [0.15, 0.2) is 21.2 Å². The summed E-state index contributed by atoms with van der Waals surface area (Å²) in [5.74, 6) is -19.8. The molecule has 0 saturated carbocycles. The van der Waals surface area contributed by atoms with Gasteiger partial charge in [0.1, 0.15) is 10.1 Å². The van der Waals surface area contributed by atoms with E-state index in [9.17, 15) is 35.1 Å². The molecule has 0 heterocycles. The summed E-state index contributed by atoms with van der Waals surface area (Å²) < 4.78 is 102. The lowest BCUT2D eigenvalue weighted by Crippen LogP contribution is -2.60. The summed E-state index contributed by atoms with van der Waals surface area (Å²) in [5.41, 5.74) is -4.06. The van der Waals surface area contributed by atoms with Crippen molar-refractivity contribution in [1.82, 2.24) is 0 Å². The van der Waals surface area contributed by atoms with E-state index in [4.69, 9.17) is 23.2 Å². The molecular formula is C8Cl2F8. The largest absolute Gasteiger partial charge is 0.350 e. The molecule has 0 unspecified atom stereocenters. The minimum atomic E-state index is -5.06. The Balaban J connectivity index is 2.63. The summed E-state index contributed by atoms with van der Waals surface area (Å²) in [6.07, 6.45) is 0. The van der Waals surface area contributed by atoms with Crippen LogP contribution in [0.3, 0.4) is 0 Å². The van der Waals surface area contributed by atoms with Crippen molar-refractivity contribution in [1.29, 1.82) is 0 Å². The SMILES string of the molecule is FC1(F)C(Cl)=C(C2=C(Cl)C(F)(F)C2(F)F)C1(F)F. The Hall–Kier alpha value is -0.500. The zero-order valence-corrected chi connectivity index (χ0v) is 9.29. The van der Waals surface area contributed by atoms with Crippen LogP contribution in [0, 0.1) is 0 Å². The van der Waals surface area contributed by atoms with Crippen molar-refractivity contribution in [3.8, 4) is 0 Å². The Kier molecular flexibility index (Phi) is 2.43. The predicted octanol–water partition coefficient (Wildman–Crippen LogP) is 4.54. The van der Waals surface area contributed by atoms with Crippen LogP contribution in [0.4, 0.5) is 35.1 Å². The monoisotopic (exact) mass is 318 g/mol. The van der Waals surface area contributed by atoms with Gasteiger partial charge in [-0.05, 0) is 0 Å². The Bertz CT molecular complexity index is 455. The van der Waals surface area contributed by atoms with Crippen LogP contribution in [0.2, 0.25) is 0 Å². The molecule has 0 spiro atoms. The molecule has 10 heteroatoms. The molecule has 0 saturated heterocycles. The molecule has 0 aliphatic heterocycles. The van der Waals surface area contributed by atoms with Crippen molar-refractivity contribution in [3.63, 3.8) is 0 Å². The lowest BCUT2D eigenvalue weighted by atomic mass is 9.74. The minimum absolute atomic E-state index is 1.91.